The van der Waals surface area contributed by atoms with Gasteiger partial charge in [-0.1, -0.05) is 11.6 Å². The lowest BCUT2D eigenvalue weighted by Gasteiger charge is -2.38. The number of hydrogen-bond acceptors (Lipinski definition) is 6. The Hall–Kier alpha value is -2.71. The molecule has 5 heterocycles. The van der Waals surface area contributed by atoms with Gasteiger partial charge in [0.25, 0.3) is 0 Å². The third-order valence-electron chi connectivity index (χ3n) is 6.75. The number of aryl methyl sites for hydroxylation is 1. The van der Waals surface area contributed by atoms with Crippen LogP contribution in [-0.4, -0.2) is 55.3 Å². The van der Waals surface area contributed by atoms with Crippen molar-refractivity contribution in [2.75, 3.05) is 24.6 Å². The molecule has 0 bridgehead atoms. The zero-order chi connectivity index (χ0) is 21.2. The van der Waals surface area contributed by atoms with E-state index < -0.39 is 0 Å². The number of halogens is 1. The van der Waals surface area contributed by atoms with Gasteiger partial charge in [0, 0.05) is 31.7 Å². The van der Waals surface area contributed by atoms with Crippen LogP contribution >= 0.6 is 11.6 Å². The SMILES string of the molecule is C[C@H]1CC2(CCN(c3cnc4c(cnn4-c4ccc5nn(C)cc5c4Cl)n3)CC2)CO1. The fourth-order valence-corrected chi connectivity index (χ4v) is 5.36. The van der Waals surface area contributed by atoms with Crippen LogP contribution in [0.15, 0.2) is 30.7 Å². The average molecular weight is 438 g/mol. The summed E-state index contributed by atoms with van der Waals surface area (Å²) in [6.45, 7) is 5.03. The van der Waals surface area contributed by atoms with Crippen LogP contribution in [0.4, 0.5) is 5.82 Å². The van der Waals surface area contributed by atoms with E-state index in [-0.39, 0.29) is 0 Å². The van der Waals surface area contributed by atoms with E-state index in [1.165, 1.54) is 6.42 Å². The minimum atomic E-state index is 0.347. The van der Waals surface area contributed by atoms with Crippen LogP contribution in [-0.2, 0) is 11.8 Å². The molecule has 1 spiro atoms. The molecule has 160 valence electrons. The van der Waals surface area contributed by atoms with Crippen LogP contribution in [0.2, 0.25) is 5.02 Å². The van der Waals surface area contributed by atoms with Gasteiger partial charge >= 0.3 is 0 Å². The van der Waals surface area contributed by atoms with E-state index in [9.17, 15) is 0 Å². The summed E-state index contributed by atoms with van der Waals surface area (Å²) in [6, 6.07) is 3.87. The number of nitrogens with zero attached hydrogens (tertiary/aromatic N) is 7. The molecular weight excluding hydrogens is 414 g/mol. The lowest BCUT2D eigenvalue weighted by Crippen LogP contribution is -2.41. The first-order chi connectivity index (χ1) is 15.0. The monoisotopic (exact) mass is 437 g/mol. The number of fused-ring (bicyclic) bond motifs is 2. The molecule has 0 radical (unpaired) electrons. The van der Waals surface area contributed by atoms with Gasteiger partial charge < -0.3 is 9.64 Å². The molecule has 6 rings (SSSR count). The maximum Gasteiger partial charge on any atom is 0.181 e. The predicted molar refractivity (Wildman–Crippen MR) is 120 cm³/mol. The number of aromatic nitrogens is 6. The van der Waals surface area contributed by atoms with Crippen molar-refractivity contribution in [1.82, 2.24) is 29.5 Å². The fraction of sp³-hybridized carbons (Fsp3) is 0.455. The molecule has 1 atom stereocenters. The maximum atomic E-state index is 6.69. The first-order valence-corrected chi connectivity index (χ1v) is 11.1. The van der Waals surface area contributed by atoms with Crippen molar-refractivity contribution in [2.24, 2.45) is 12.5 Å². The highest BCUT2D eigenvalue weighted by Crippen LogP contribution is 2.42. The Morgan fingerprint density at radius 2 is 2.00 bits per heavy atom. The van der Waals surface area contributed by atoms with E-state index in [2.05, 4.69) is 22.0 Å². The van der Waals surface area contributed by atoms with Gasteiger partial charge in [-0.3, -0.25) is 4.68 Å². The molecule has 0 amide bonds. The first kappa shape index (κ1) is 19.0. The van der Waals surface area contributed by atoms with E-state index in [0.29, 0.717) is 22.2 Å². The number of piperidine rings is 1. The molecule has 0 unspecified atom stereocenters. The number of benzene rings is 1. The van der Waals surface area contributed by atoms with Gasteiger partial charge in [0.1, 0.15) is 11.3 Å². The molecule has 0 aliphatic carbocycles. The Morgan fingerprint density at radius 1 is 1.16 bits per heavy atom. The highest BCUT2D eigenvalue weighted by atomic mass is 35.5. The predicted octanol–water partition coefficient (Wildman–Crippen LogP) is 3.75. The van der Waals surface area contributed by atoms with Crippen LogP contribution in [0.1, 0.15) is 26.2 Å². The highest BCUT2D eigenvalue weighted by molar-refractivity contribution is 6.37. The second-order valence-corrected chi connectivity index (χ2v) is 9.32. The lowest BCUT2D eigenvalue weighted by atomic mass is 9.77. The van der Waals surface area contributed by atoms with Crippen molar-refractivity contribution in [3.63, 3.8) is 0 Å². The molecule has 0 saturated carbocycles. The summed E-state index contributed by atoms with van der Waals surface area (Å²) in [5.74, 6) is 0.905. The summed E-state index contributed by atoms with van der Waals surface area (Å²) in [5, 5.41) is 10.4. The molecule has 1 aromatic carbocycles. The summed E-state index contributed by atoms with van der Waals surface area (Å²) < 4.78 is 9.37. The van der Waals surface area contributed by atoms with E-state index in [1.54, 1.807) is 15.6 Å². The second-order valence-electron chi connectivity index (χ2n) is 8.94. The molecule has 3 aromatic heterocycles. The normalized spacial score (nSPS) is 21.0. The van der Waals surface area contributed by atoms with Gasteiger partial charge in [-0.05, 0) is 43.7 Å². The van der Waals surface area contributed by atoms with Crippen molar-refractivity contribution >= 4 is 39.5 Å². The van der Waals surface area contributed by atoms with Crippen LogP contribution in [0, 0.1) is 5.41 Å². The Balaban J connectivity index is 1.30. The minimum absolute atomic E-state index is 0.347. The van der Waals surface area contributed by atoms with Crippen molar-refractivity contribution in [2.45, 2.75) is 32.3 Å². The van der Waals surface area contributed by atoms with E-state index >= 15 is 0 Å². The van der Waals surface area contributed by atoms with Crippen molar-refractivity contribution in [1.29, 1.82) is 0 Å². The van der Waals surface area contributed by atoms with Gasteiger partial charge in [-0.25, -0.2) is 14.6 Å². The van der Waals surface area contributed by atoms with Gasteiger partial charge in [-0.2, -0.15) is 10.2 Å². The molecule has 9 heteroatoms. The lowest BCUT2D eigenvalue weighted by molar-refractivity contribution is 0.0976. The van der Waals surface area contributed by atoms with Crippen LogP contribution in [0.5, 0.6) is 0 Å². The molecule has 2 aliphatic heterocycles. The standard InChI is InChI=1S/C22H24ClN7O/c1-14-9-22(13-31-14)5-7-29(8-6-22)19-11-24-21-17(26-19)10-25-30(21)18-4-3-16-15(20(18)23)12-28(2)27-16/h3-4,10-12,14H,5-9,13H2,1-2H3/t14-/m0/s1. The largest absolute Gasteiger partial charge is 0.378 e. The molecular formula is C22H24ClN7O. The topological polar surface area (TPSA) is 73.9 Å². The summed E-state index contributed by atoms with van der Waals surface area (Å²) in [7, 11) is 1.88. The molecule has 4 aromatic rings. The van der Waals surface area contributed by atoms with E-state index in [4.69, 9.17) is 26.3 Å². The Kier molecular flexibility index (Phi) is 4.23. The molecule has 2 fully saturated rings. The summed E-state index contributed by atoms with van der Waals surface area (Å²) >= 11 is 6.69. The van der Waals surface area contributed by atoms with Gasteiger partial charge in [0.2, 0.25) is 0 Å². The summed E-state index contributed by atoms with van der Waals surface area (Å²) in [6.07, 6.45) is 9.34. The maximum absolute atomic E-state index is 6.69. The average Bonchev–Trinajstić information content (AvgIpc) is 3.46. The minimum Gasteiger partial charge on any atom is -0.378 e. The summed E-state index contributed by atoms with van der Waals surface area (Å²) in [4.78, 5) is 11.9. The fourth-order valence-electron chi connectivity index (χ4n) is 5.07. The highest BCUT2D eigenvalue weighted by Gasteiger charge is 2.41. The van der Waals surface area contributed by atoms with Crippen LogP contribution in [0.3, 0.4) is 0 Å². The third-order valence-corrected chi connectivity index (χ3v) is 7.15. The third kappa shape index (κ3) is 3.08. The molecule has 31 heavy (non-hydrogen) atoms. The van der Waals surface area contributed by atoms with Crippen molar-refractivity contribution in [3.8, 4) is 5.69 Å². The van der Waals surface area contributed by atoms with Gasteiger partial charge in [0.05, 0.1) is 41.3 Å². The van der Waals surface area contributed by atoms with Gasteiger partial charge in [0.15, 0.2) is 5.65 Å². The molecule has 2 aliphatic rings. The molecule has 8 nitrogen and oxygen atoms in total. The Bertz CT molecular complexity index is 1290. The van der Waals surface area contributed by atoms with Crippen molar-refractivity contribution in [3.05, 3.63) is 35.7 Å². The smallest absolute Gasteiger partial charge is 0.181 e. The Morgan fingerprint density at radius 3 is 2.77 bits per heavy atom. The Labute approximate surface area is 184 Å². The second kappa shape index (κ2) is 6.90. The number of ether oxygens (including phenoxy) is 1. The van der Waals surface area contributed by atoms with E-state index in [1.807, 2.05) is 31.6 Å². The molecule has 2 saturated heterocycles. The van der Waals surface area contributed by atoms with Crippen LogP contribution < -0.4 is 4.90 Å². The first-order valence-electron chi connectivity index (χ1n) is 10.7. The van der Waals surface area contributed by atoms with Gasteiger partial charge in [-0.15, -0.1) is 0 Å². The van der Waals surface area contributed by atoms with Crippen LogP contribution in [0.25, 0.3) is 27.8 Å². The van der Waals surface area contributed by atoms with Crippen molar-refractivity contribution < 1.29 is 4.74 Å². The molecule has 0 N–H and O–H groups in total. The number of anilines is 1. The summed E-state index contributed by atoms with van der Waals surface area (Å²) in [5.41, 5.74) is 3.43. The zero-order valence-corrected chi connectivity index (χ0v) is 18.4. The quantitative estimate of drug-likeness (QED) is 0.475. The zero-order valence-electron chi connectivity index (χ0n) is 17.6. The van der Waals surface area contributed by atoms with E-state index in [0.717, 1.165) is 60.5 Å². The number of hydrogen-bond donors (Lipinski definition) is 0. The number of rotatable bonds is 2.